The Kier molecular flexibility index (Phi) is 5.34. The van der Waals surface area contributed by atoms with Gasteiger partial charge in [0, 0.05) is 34.3 Å². The lowest BCUT2D eigenvalue weighted by atomic mass is 9.84. The Balaban J connectivity index is 1.72. The predicted molar refractivity (Wildman–Crippen MR) is 113 cm³/mol. The van der Waals surface area contributed by atoms with E-state index in [-0.39, 0.29) is 6.04 Å². The van der Waals surface area contributed by atoms with Gasteiger partial charge in [0.2, 0.25) is 0 Å². The molecule has 0 saturated heterocycles. The van der Waals surface area contributed by atoms with E-state index in [9.17, 15) is 0 Å². The van der Waals surface area contributed by atoms with E-state index in [4.69, 9.17) is 17.3 Å². The highest BCUT2D eigenvalue weighted by Gasteiger charge is 2.28. The highest BCUT2D eigenvalue weighted by molar-refractivity contribution is 9.10. The van der Waals surface area contributed by atoms with E-state index < -0.39 is 0 Å². The quantitative estimate of drug-likeness (QED) is 0.448. The third kappa shape index (κ3) is 3.60. The molecular weight excluding hydrogens is 438 g/mol. The molecule has 2 atom stereocenters. The Hall–Kier alpha value is -0.660. The molecule has 3 nitrogen and oxygen atoms in total. The van der Waals surface area contributed by atoms with Crippen molar-refractivity contribution in [1.29, 1.82) is 0 Å². The maximum absolute atomic E-state index is 6.42. The molecule has 0 aliphatic heterocycles. The number of anilines is 1. The number of pyridine rings is 1. The maximum atomic E-state index is 6.42. The van der Waals surface area contributed by atoms with Crippen LogP contribution in [0, 0.1) is 0 Å². The van der Waals surface area contributed by atoms with Gasteiger partial charge in [0.25, 0.3) is 0 Å². The average Bonchev–Trinajstić information content (AvgIpc) is 3.22. The molecule has 1 aliphatic carbocycles. The number of nitrogens with zero attached hydrogens (tertiary/aromatic N) is 1. The van der Waals surface area contributed by atoms with Gasteiger partial charge in [0.1, 0.15) is 5.15 Å². The molecule has 1 aliphatic rings. The van der Waals surface area contributed by atoms with E-state index in [0.29, 0.717) is 11.1 Å². The Morgan fingerprint density at radius 1 is 1.36 bits per heavy atom. The number of hydrogen-bond donors (Lipinski definition) is 2. The van der Waals surface area contributed by atoms with Crippen molar-refractivity contribution in [2.24, 2.45) is 5.73 Å². The van der Waals surface area contributed by atoms with Crippen molar-refractivity contribution >= 4 is 66.1 Å². The standard InChI is InChI=1S/C18H19BrClN3S2/c19-15-16-18(25-17(15)11-5-1-2-6-12(11)21)13(8-14(20)23-16)22-9-10-4-3-7-24-10/h3-4,7-8,11-12H,1-2,5-6,9,21H2,(H,22,23)/t11-,12+/m1/s1. The molecule has 0 amide bonds. The van der Waals surface area contributed by atoms with Crippen molar-refractivity contribution in [2.45, 2.75) is 44.2 Å². The molecule has 4 rings (SSSR count). The third-order valence-corrected chi connectivity index (χ3v) is 8.25. The summed E-state index contributed by atoms with van der Waals surface area (Å²) in [5.74, 6) is 0.409. The van der Waals surface area contributed by atoms with Crippen molar-refractivity contribution in [3.63, 3.8) is 0 Å². The number of rotatable bonds is 4. The molecule has 0 bridgehead atoms. The van der Waals surface area contributed by atoms with Crippen LogP contribution in [0.3, 0.4) is 0 Å². The van der Waals surface area contributed by atoms with E-state index in [1.54, 1.807) is 22.7 Å². The molecule has 3 aromatic rings. The van der Waals surface area contributed by atoms with Gasteiger partial charge in [-0.1, -0.05) is 30.5 Å². The normalized spacial score (nSPS) is 20.9. The highest BCUT2D eigenvalue weighted by Crippen LogP contribution is 2.46. The smallest absolute Gasteiger partial charge is 0.131 e. The molecule has 25 heavy (non-hydrogen) atoms. The molecule has 132 valence electrons. The zero-order valence-electron chi connectivity index (χ0n) is 13.6. The van der Waals surface area contributed by atoms with Gasteiger partial charge in [0.15, 0.2) is 0 Å². The summed E-state index contributed by atoms with van der Waals surface area (Å²) in [5, 5.41) is 6.14. The van der Waals surface area contributed by atoms with Crippen LogP contribution in [0.1, 0.15) is 41.4 Å². The van der Waals surface area contributed by atoms with E-state index >= 15 is 0 Å². The van der Waals surface area contributed by atoms with Crippen LogP contribution in [0.5, 0.6) is 0 Å². The van der Waals surface area contributed by atoms with Crippen molar-refractivity contribution < 1.29 is 0 Å². The minimum atomic E-state index is 0.233. The van der Waals surface area contributed by atoms with Crippen LogP contribution in [0.4, 0.5) is 5.69 Å². The topological polar surface area (TPSA) is 50.9 Å². The number of fused-ring (bicyclic) bond motifs is 1. The summed E-state index contributed by atoms with van der Waals surface area (Å²) < 4.78 is 2.22. The first-order valence-electron chi connectivity index (χ1n) is 8.43. The second kappa shape index (κ2) is 7.53. The Labute approximate surface area is 168 Å². The molecule has 3 N–H and O–H groups in total. The lowest BCUT2D eigenvalue weighted by Gasteiger charge is -2.28. The lowest BCUT2D eigenvalue weighted by Crippen LogP contribution is -2.30. The average molecular weight is 457 g/mol. The number of nitrogens with one attached hydrogen (secondary N) is 1. The molecule has 0 spiro atoms. The molecule has 1 fully saturated rings. The zero-order chi connectivity index (χ0) is 17.4. The van der Waals surface area contributed by atoms with E-state index in [0.717, 1.165) is 39.8 Å². The minimum absolute atomic E-state index is 0.233. The molecule has 3 aromatic heterocycles. The van der Waals surface area contributed by atoms with Crippen LogP contribution < -0.4 is 11.1 Å². The van der Waals surface area contributed by atoms with Crippen LogP contribution >= 0.6 is 50.2 Å². The van der Waals surface area contributed by atoms with Crippen molar-refractivity contribution in [1.82, 2.24) is 4.98 Å². The molecule has 0 unspecified atom stereocenters. The van der Waals surface area contributed by atoms with Crippen LogP contribution in [-0.4, -0.2) is 11.0 Å². The monoisotopic (exact) mass is 455 g/mol. The molecule has 0 aromatic carbocycles. The minimum Gasteiger partial charge on any atom is -0.379 e. The SMILES string of the molecule is N[C@H]1CCCC[C@H]1c1sc2c(NCc3cccs3)cc(Cl)nc2c1Br. The Morgan fingerprint density at radius 2 is 2.20 bits per heavy atom. The summed E-state index contributed by atoms with van der Waals surface area (Å²) in [4.78, 5) is 7.19. The fourth-order valence-electron chi connectivity index (χ4n) is 3.48. The fraction of sp³-hybridized carbons (Fsp3) is 0.389. The zero-order valence-corrected chi connectivity index (χ0v) is 17.6. The summed E-state index contributed by atoms with van der Waals surface area (Å²) in [6.45, 7) is 0.793. The molecule has 7 heteroatoms. The number of aromatic nitrogens is 1. The maximum Gasteiger partial charge on any atom is 0.131 e. The first-order chi connectivity index (χ1) is 12.1. The van der Waals surface area contributed by atoms with E-state index in [1.807, 2.05) is 6.07 Å². The van der Waals surface area contributed by atoms with Gasteiger partial charge in [-0.2, -0.15) is 0 Å². The third-order valence-electron chi connectivity index (χ3n) is 4.77. The highest BCUT2D eigenvalue weighted by atomic mass is 79.9. The van der Waals surface area contributed by atoms with Crippen LogP contribution in [0.25, 0.3) is 10.2 Å². The summed E-state index contributed by atoms with van der Waals surface area (Å²) in [6, 6.07) is 6.36. The largest absolute Gasteiger partial charge is 0.379 e. The van der Waals surface area contributed by atoms with E-state index in [1.165, 1.54) is 22.6 Å². The van der Waals surface area contributed by atoms with Gasteiger partial charge < -0.3 is 11.1 Å². The van der Waals surface area contributed by atoms with Crippen LogP contribution in [0.15, 0.2) is 28.1 Å². The predicted octanol–water partition coefficient (Wildman–Crippen LogP) is 6.37. The summed E-state index contributed by atoms with van der Waals surface area (Å²) in [5.41, 5.74) is 8.41. The van der Waals surface area contributed by atoms with Gasteiger partial charge in [-0.15, -0.1) is 22.7 Å². The first kappa shape index (κ1) is 17.7. The number of nitrogens with two attached hydrogens (primary N) is 1. The first-order valence-corrected chi connectivity index (χ1v) is 11.3. The van der Waals surface area contributed by atoms with Gasteiger partial charge in [-0.3, -0.25) is 0 Å². The molecule has 1 saturated carbocycles. The molecular formula is C18H19BrClN3S2. The summed E-state index contributed by atoms with van der Waals surface area (Å²) in [6.07, 6.45) is 4.73. The molecule has 3 heterocycles. The molecule has 0 radical (unpaired) electrons. The number of halogens is 2. The van der Waals surface area contributed by atoms with Gasteiger partial charge in [-0.05, 0) is 40.2 Å². The van der Waals surface area contributed by atoms with Crippen molar-refractivity contribution in [2.75, 3.05) is 5.32 Å². The fourth-order valence-corrected chi connectivity index (χ4v) is 6.60. The van der Waals surface area contributed by atoms with Crippen molar-refractivity contribution in [3.05, 3.63) is 43.0 Å². The second-order valence-corrected chi connectivity index (χ2v) is 9.70. The number of thiophene rings is 2. The Bertz CT molecular complexity index is 878. The van der Waals surface area contributed by atoms with Gasteiger partial charge >= 0.3 is 0 Å². The van der Waals surface area contributed by atoms with Crippen molar-refractivity contribution in [3.8, 4) is 0 Å². The lowest BCUT2D eigenvalue weighted by molar-refractivity contribution is 0.389. The van der Waals surface area contributed by atoms with Crippen LogP contribution in [0.2, 0.25) is 5.15 Å². The van der Waals surface area contributed by atoms with Gasteiger partial charge in [-0.25, -0.2) is 4.98 Å². The summed E-state index contributed by atoms with van der Waals surface area (Å²) in [7, 11) is 0. The summed E-state index contributed by atoms with van der Waals surface area (Å²) >= 11 is 13.6. The Morgan fingerprint density at radius 3 is 2.96 bits per heavy atom. The van der Waals surface area contributed by atoms with Gasteiger partial charge in [0.05, 0.1) is 20.4 Å². The number of hydrogen-bond acceptors (Lipinski definition) is 5. The van der Waals surface area contributed by atoms with E-state index in [2.05, 4.69) is 43.7 Å². The van der Waals surface area contributed by atoms with Crippen LogP contribution in [-0.2, 0) is 6.54 Å². The second-order valence-electron chi connectivity index (χ2n) is 6.44.